The molecule has 0 unspecified atom stereocenters. The maximum atomic E-state index is 12.6. The molecule has 0 saturated heterocycles. The van der Waals surface area contributed by atoms with E-state index in [1.165, 1.54) is 24.3 Å². The second kappa shape index (κ2) is 8.98. The van der Waals surface area contributed by atoms with E-state index in [0.29, 0.717) is 34.3 Å². The summed E-state index contributed by atoms with van der Waals surface area (Å²) < 4.78 is 33.0. The highest BCUT2D eigenvalue weighted by Gasteiger charge is 2.16. The van der Waals surface area contributed by atoms with Gasteiger partial charge in [0, 0.05) is 11.3 Å². The first-order valence-corrected chi connectivity index (χ1v) is 10.7. The fourth-order valence-electron chi connectivity index (χ4n) is 2.54. The molecule has 0 bridgehead atoms. The van der Waals surface area contributed by atoms with E-state index >= 15 is 0 Å². The Bertz CT molecular complexity index is 1100. The van der Waals surface area contributed by atoms with Crippen LogP contribution in [-0.2, 0) is 10.0 Å². The molecule has 0 saturated carbocycles. The Labute approximate surface area is 174 Å². The van der Waals surface area contributed by atoms with Crippen molar-refractivity contribution >= 4 is 38.9 Å². The van der Waals surface area contributed by atoms with Crippen LogP contribution in [0.25, 0.3) is 0 Å². The average Bonchev–Trinajstić information content (AvgIpc) is 2.71. The van der Waals surface area contributed by atoms with Crippen LogP contribution >= 0.6 is 11.6 Å². The molecular formula is C21H19ClN2O4S. The molecule has 3 aromatic carbocycles. The topological polar surface area (TPSA) is 84.5 Å². The van der Waals surface area contributed by atoms with Gasteiger partial charge in [0.25, 0.3) is 15.9 Å². The van der Waals surface area contributed by atoms with E-state index in [1.807, 2.05) is 6.92 Å². The van der Waals surface area contributed by atoms with Gasteiger partial charge in [-0.15, -0.1) is 0 Å². The van der Waals surface area contributed by atoms with Crippen molar-refractivity contribution in [3.8, 4) is 5.75 Å². The van der Waals surface area contributed by atoms with Crippen LogP contribution in [0.15, 0.2) is 77.7 Å². The van der Waals surface area contributed by atoms with Gasteiger partial charge in [-0.05, 0) is 67.6 Å². The molecule has 1 amide bonds. The van der Waals surface area contributed by atoms with Gasteiger partial charge in [0.05, 0.1) is 22.2 Å². The average molecular weight is 431 g/mol. The van der Waals surface area contributed by atoms with E-state index in [0.717, 1.165) is 0 Å². The molecule has 0 heterocycles. The molecule has 0 aromatic heterocycles. The molecule has 0 spiro atoms. The maximum absolute atomic E-state index is 12.6. The summed E-state index contributed by atoms with van der Waals surface area (Å²) in [6, 6.07) is 19.1. The highest BCUT2D eigenvalue weighted by molar-refractivity contribution is 7.92. The van der Waals surface area contributed by atoms with Crippen molar-refractivity contribution in [2.75, 3.05) is 16.6 Å². The highest BCUT2D eigenvalue weighted by atomic mass is 35.5. The number of rotatable bonds is 7. The fourth-order valence-corrected chi connectivity index (χ4v) is 3.78. The number of ether oxygens (including phenoxy) is 1. The second-order valence-electron chi connectivity index (χ2n) is 6.02. The Kier molecular flexibility index (Phi) is 6.41. The number of amides is 1. The molecule has 0 radical (unpaired) electrons. The van der Waals surface area contributed by atoms with Gasteiger partial charge >= 0.3 is 0 Å². The zero-order valence-electron chi connectivity index (χ0n) is 15.6. The third kappa shape index (κ3) is 5.28. The SMILES string of the molecule is CCOc1ccc(NS(=O)(=O)c2ccc(C(=O)Nc3ccccc3Cl)cc2)cc1. The summed E-state index contributed by atoms with van der Waals surface area (Å²) in [5, 5.41) is 3.11. The van der Waals surface area contributed by atoms with Crippen LogP contribution in [0.1, 0.15) is 17.3 Å². The van der Waals surface area contributed by atoms with Crippen LogP contribution in [0.3, 0.4) is 0 Å². The Morgan fingerprint density at radius 3 is 2.24 bits per heavy atom. The number of hydrogen-bond donors (Lipinski definition) is 2. The lowest BCUT2D eigenvalue weighted by Gasteiger charge is -2.10. The molecule has 150 valence electrons. The number of anilines is 2. The van der Waals surface area contributed by atoms with E-state index in [2.05, 4.69) is 10.0 Å². The number of para-hydroxylation sites is 1. The Morgan fingerprint density at radius 1 is 0.966 bits per heavy atom. The molecule has 0 fully saturated rings. The number of halogens is 1. The van der Waals surface area contributed by atoms with Gasteiger partial charge in [0.15, 0.2) is 0 Å². The molecular weight excluding hydrogens is 412 g/mol. The molecule has 0 aliphatic rings. The molecule has 8 heteroatoms. The van der Waals surface area contributed by atoms with Gasteiger partial charge < -0.3 is 10.1 Å². The summed E-state index contributed by atoms with van der Waals surface area (Å²) in [6.07, 6.45) is 0. The lowest BCUT2D eigenvalue weighted by molar-refractivity contribution is 0.102. The molecule has 0 aliphatic heterocycles. The largest absolute Gasteiger partial charge is 0.494 e. The minimum Gasteiger partial charge on any atom is -0.494 e. The lowest BCUT2D eigenvalue weighted by Crippen LogP contribution is -2.15. The molecule has 29 heavy (non-hydrogen) atoms. The fraction of sp³-hybridized carbons (Fsp3) is 0.0952. The first-order chi connectivity index (χ1) is 13.9. The Hall–Kier alpha value is -3.03. The number of carbonyl (C=O) groups excluding carboxylic acids is 1. The zero-order valence-corrected chi connectivity index (χ0v) is 17.1. The van der Waals surface area contributed by atoms with E-state index in [9.17, 15) is 13.2 Å². The summed E-state index contributed by atoms with van der Waals surface area (Å²) >= 11 is 6.03. The van der Waals surface area contributed by atoms with E-state index in [1.54, 1.807) is 48.5 Å². The van der Waals surface area contributed by atoms with Gasteiger partial charge in [-0.25, -0.2) is 8.42 Å². The highest BCUT2D eigenvalue weighted by Crippen LogP contribution is 2.22. The van der Waals surface area contributed by atoms with Crippen LogP contribution in [0.4, 0.5) is 11.4 Å². The van der Waals surface area contributed by atoms with Crippen molar-refractivity contribution in [2.24, 2.45) is 0 Å². The normalized spacial score (nSPS) is 11.0. The van der Waals surface area contributed by atoms with Crippen LogP contribution in [0.2, 0.25) is 5.02 Å². The molecule has 3 aromatic rings. The molecule has 0 aliphatic carbocycles. The van der Waals surface area contributed by atoms with Crippen LogP contribution < -0.4 is 14.8 Å². The van der Waals surface area contributed by atoms with Crippen LogP contribution in [0, 0.1) is 0 Å². The molecule has 0 atom stereocenters. The standard InChI is InChI=1S/C21H19ClN2O4S/c1-2-28-17-11-9-16(10-12-17)24-29(26,27)18-13-7-15(8-14-18)21(25)23-20-6-4-3-5-19(20)22/h3-14,24H,2H2,1H3,(H,23,25). The second-order valence-corrected chi connectivity index (χ2v) is 8.11. The summed E-state index contributed by atoms with van der Waals surface area (Å²) in [5.74, 6) is 0.269. The van der Waals surface area contributed by atoms with Crippen molar-refractivity contribution in [3.05, 3.63) is 83.4 Å². The van der Waals surface area contributed by atoms with Gasteiger partial charge in [-0.2, -0.15) is 0 Å². The summed E-state index contributed by atoms with van der Waals surface area (Å²) in [5.41, 5.74) is 1.20. The molecule has 3 rings (SSSR count). The predicted octanol–water partition coefficient (Wildman–Crippen LogP) is 4.79. The minimum absolute atomic E-state index is 0.0423. The van der Waals surface area contributed by atoms with Gasteiger partial charge in [-0.1, -0.05) is 23.7 Å². The third-order valence-corrected chi connectivity index (χ3v) is 5.69. The van der Waals surface area contributed by atoms with E-state index < -0.39 is 10.0 Å². The lowest BCUT2D eigenvalue weighted by atomic mass is 10.2. The van der Waals surface area contributed by atoms with Crippen LogP contribution in [-0.4, -0.2) is 20.9 Å². The van der Waals surface area contributed by atoms with Gasteiger partial charge in [0.2, 0.25) is 0 Å². The van der Waals surface area contributed by atoms with E-state index in [-0.39, 0.29) is 10.8 Å². The number of sulfonamides is 1. The van der Waals surface area contributed by atoms with Crippen molar-refractivity contribution in [3.63, 3.8) is 0 Å². The number of hydrogen-bond acceptors (Lipinski definition) is 4. The summed E-state index contributed by atoms with van der Waals surface area (Å²) in [6.45, 7) is 2.40. The maximum Gasteiger partial charge on any atom is 0.261 e. The van der Waals surface area contributed by atoms with Crippen molar-refractivity contribution in [1.82, 2.24) is 0 Å². The monoisotopic (exact) mass is 430 g/mol. The smallest absolute Gasteiger partial charge is 0.261 e. The van der Waals surface area contributed by atoms with Crippen molar-refractivity contribution < 1.29 is 17.9 Å². The Balaban J connectivity index is 1.71. The number of carbonyl (C=O) groups is 1. The van der Waals surface area contributed by atoms with Gasteiger partial charge in [0.1, 0.15) is 5.75 Å². The minimum atomic E-state index is -3.79. The van der Waals surface area contributed by atoms with E-state index in [4.69, 9.17) is 16.3 Å². The van der Waals surface area contributed by atoms with Crippen LogP contribution in [0.5, 0.6) is 5.75 Å². The van der Waals surface area contributed by atoms with Crippen molar-refractivity contribution in [2.45, 2.75) is 11.8 Å². The Morgan fingerprint density at radius 2 is 1.62 bits per heavy atom. The first kappa shape index (κ1) is 20.7. The quantitative estimate of drug-likeness (QED) is 0.564. The zero-order chi connectivity index (χ0) is 20.9. The predicted molar refractivity (Wildman–Crippen MR) is 114 cm³/mol. The molecule has 2 N–H and O–H groups in total. The van der Waals surface area contributed by atoms with Gasteiger partial charge in [-0.3, -0.25) is 9.52 Å². The van der Waals surface area contributed by atoms with Crippen molar-refractivity contribution in [1.29, 1.82) is 0 Å². The summed E-state index contributed by atoms with van der Waals surface area (Å²) in [7, 11) is -3.79. The number of nitrogens with one attached hydrogen (secondary N) is 2. The molecule has 6 nitrogen and oxygen atoms in total. The summed E-state index contributed by atoms with van der Waals surface area (Å²) in [4.78, 5) is 12.4. The first-order valence-electron chi connectivity index (χ1n) is 8.80. The number of benzene rings is 3. The third-order valence-electron chi connectivity index (χ3n) is 3.97.